The topological polar surface area (TPSA) is 37.4 Å². The van der Waals surface area contributed by atoms with Crippen molar-refractivity contribution in [3.8, 4) is 0 Å². The Morgan fingerprint density at radius 1 is 1.03 bits per heavy atom. The van der Waals surface area contributed by atoms with Gasteiger partial charge in [0.15, 0.2) is 9.84 Å². The second-order valence-corrected chi connectivity index (χ2v) is 11.2. The Morgan fingerprint density at radius 3 is 2.20 bits per heavy atom. The molecule has 30 heavy (non-hydrogen) atoms. The summed E-state index contributed by atoms with van der Waals surface area (Å²) in [7, 11) is -3.56. The van der Waals surface area contributed by atoms with Gasteiger partial charge in [0.05, 0.1) is 11.3 Å². The SMILES string of the molecule is CS(=O)(=O)C(c1cc(F)cc(F)c1)C1CN(C(c2ccc(Cl)cc2)c2cccs2)C1. The first-order valence-corrected chi connectivity index (χ1v) is 12.6. The molecule has 0 radical (unpaired) electrons. The van der Waals surface area contributed by atoms with Crippen LogP contribution < -0.4 is 0 Å². The van der Waals surface area contributed by atoms with Gasteiger partial charge in [0.25, 0.3) is 0 Å². The number of likely N-dealkylation sites (tertiary alicyclic amines) is 1. The van der Waals surface area contributed by atoms with E-state index in [1.807, 2.05) is 41.8 Å². The van der Waals surface area contributed by atoms with Crippen LogP contribution in [0.1, 0.15) is 27.3 Å². The summed E-state index contributed by atoms with van der Waals surface area (Å²) in [4.78, 5) is 3.33. The highest BCUT2D eigenvalue weighted by Gasteiger charge is 2.43. The van der Waals surface area contributed by atoms with Gasteiger partial charge in [0.2, 0.25) is 0 Å². The Kier molecular flexibility index (Phi) is 5.99. The number of nitrogens with zero attached hydrogens (tertiary/aromatic N) is 1. The number of hydrogen-bond donors (Lipinski definition) is 0. The number of benzene rings is 2. The van der Waals surface area contributed by atoms with E-state index in [1.54, 1.807) is 11.3 Å². The number of thiophene rings is 1. The Balaban J connectivity index is 1.62. The van der Waals surface area contributed by atoms with Gasteiger partial charge in [-0.05, 0) is 46.8 Å². The Morgan fingerprint density at radius 2 is 1.67 bits per heavy atom. The van der Waals surface area contributed by atoms with Crippen LogP contribution in [-0.4, -0.2) is 32.7 Å². The van der Waals surface area contributed by atoms with Crippen molar-refractivity contribution in [3.05, 3.63) is 92.6 Å². The van der Waals surface area contributed by atoms with Crippen LogP contribution in [0, 0.1) is 17.6 Å². The summed E-state index contributed by atoms with van der Waals surface area (Å²) >= 11 is 7.67. The summed E-state index contributed by atoms with van der Waals surface area (Å²) < 4.78 is 52.6. The third-order valence-corrected chi connectivity index (χ3v) is 8.16. The fourth-order valence-electron chi connectivity index (χ4n) is 4.21. The lowest BCUT2D eigenvalue weighted by Crippen LogP contribution is -2.52. The van der Waals surface area contributed by atoms with Crippen LogP contribution in [0.4, 0.5) is 8.78 Å². The summed E-state index contributed by atoms with van der Waals surface area (Å²) in [5.41, 5.74) is 1.23. The molecule has 1 aromatic heterocycles. The van der Waals surface area contributed by atoms with Gasteiger partial charge >= 0.3 is 0 Å². The molecule has 4 rings (SSSR count). The first-order valence-electron chi connectivity index (χ1n) is 9.40. The van der Waals surface area contributed by atoms with E-state index in [0.29, 0.717) is 18.1 Å². The molecule has 1 aliphatic heterocycles. The molecule has 2 heterocycles. The molecule has 2 atom stereocenters. The Hall–Kier alpha value is -1.80. The fraction of sp³-hybridized carbons (Fsp3) is 0.273. The molecule has 158 valence electrons. The molecule has 3 nitrogen and oxygen atoms in total. The number of sulfone groups is 1. The van der Waals surface area contributed by atoms with Gasteiger partial charge in [-0.15, -0.1) is 11.3 Å². The maximum Gasteiger partial charge on any atom is 0.154 e. The van der Waals surface area contributed by atoms with Gasteiger partial charge in [-0.1, -0.05) is 29.8 Å². The molecule has 0 bridgehead atoms. The predicted octanol–water partition coefficient (Wildman–Crippen LogP) is 5.49. The highest BCUT2D eigenvalue weighted by atomic mass is 35.5. The third-order valence-electron chi connectivity index (χ3n) is 5.40. The van der Waals surface area contributed by atoms with Crippen LogP contribution in [0.15, 0.2) is 60.0 Å². The van der Waals surface area contributed by atoms with Gasteiger partial charge in [-0.2, -0.15) is 0 Å². The molecule has 1 aliphatic rings. The van der Waals surface area contributed by atoms with Gasteiger partial charge in [-0.25, -0.2) is 17.2 Å². The van der Waals surface area contributed by atoms with Crippen molar-refractivity contribution in [2.24, 2.45) is 5.92 Å². The normalized spacial score (nSPS) is 17.5. The highest BCUT2D eigenvalue weighted by Crippen LogP contribution is 2.43. The zero-order valence-electron chi connectivity index (χ0n) is 16.1. The summed E-state index contributed by atoms with van der Waals surface area (Å²) in [6, 6.07) is 14.6. The molecular formula is C22H20ClF2NO2S2. The lowest BCUT2D eigenvalue weighted by atomic mass is 9.88. The lowest BCUT2D eigenvalue weighted by molar-refractivity contribution is 0.0668. The average molecular weight is 468 g/mol. The number of hydrogen-bond acceptors (Lipinski definition) is 4. The van der Waals surface area contributed by atoms with Crippen molar-refractivity contribution in [1.82, 2.24) is 4.90 Å². The van der Waals surface area contributed by atoms with E-state index in [1.165, 1.54) is 0 Å². The van der Waals surface area contributed by atoms with Crippen LogP contribution >= 0.6 is 22.9 Å². The highest BCUT2D eigenvalue weighted by molar-refractivity contribution is 7.90. The van der Waals surface area contributed by atoms with Gasteiger partial charge < -0.3 is 0 Å². The molecular weight excluding hydrogens is 448 g/mol. The monoisotopic (exact) mass is 467 g/mol. The first kappa shape index (κ1) is 21.4. The molecule has 0 N–H and O–H groups in total. The minimum Gasteiger partial charge on any atom is -0.291 e. The molecule has 3 aromatic rings. The summed E-state index contributed by atoms with van der Waals surface area (Å²) in [6.45, 7) is 1.00. The summed E-state index contributed by atoms with van der Waals surface area (Å²) in [5, 5.41) is 1.70. The average Bonchev–Trinajstić information content (AvgIpc) is 3.13. The van der Waals surface area contributed by atoms with E-state index in [-0.39, 0.29) is 17.5 Å². The molecule has 0 aliphatic carbocycles. The minimum absolute atomic E-state index is 0.0250. The molecule has 0 spiro atoms. The summed E-state index contributed by atoms with van der Waals surface area (Å²) in [6.07, 6.45) is 1.12. The molecule has 0 saturated carbocycles. The zero-order chi connectivity index (χ0) is 21.5. The quantitative estimate of drug-likeness (QED) is 0.481. The minimum atomic E-state index is -3.56. The number of rotatable bonds is 6. The van der Waals surface area contributed by atoms with E-state index in [9.17, 15) is 17.2 Å². The van der Waals surface area contributed by atoms with Gasteiger partial charge in [-0.3, -0.25) is 4.90 Å². The van der Waals surface area contributed by atoms with Gasteiger partial charge in [0, 0.05) is 41.2 Å². The largest absolute Gasteiger partial charge is 0.291 e. The van der Waals surface area contributed by atoms with E-state index in [0.717, 1.165) is 34.9 Å². The second-order valence-electron chi connectivity index (χ2n) is 7.64. The Labute approximate surface area is 183 Å². The smallest absolute Gasteiger partial charge is 0.154 e. The maximum absolute atomic E-state index is 13.8. The summed E-state index contributed by atoms with van der Waals surface area (Å²) in [5.74, 6) is -1.80. The molecule has 2 unspecified atom stereocenters. The van der Waals surface area contributed by atoms with Crippen LogP contribution in [0.3, 0.4) is 0 Å². The van der Waals surface area contributed by atoms with E-state index < -0.39 is 26.7 Å². The molecule has 1 fully saturated rings. The van der Waals surface area contributed by atoms with Crippen LogP contribution in [0.5, 0.6) is 0 Å². The van der Waals surface area contributed by atoms with Crippen molar-refractivity contribution >= 4 is 32.8 Å². The molecule has 2 aromatic carbocycles. The van der Waals surface area contributed by atoms with Crippen LogP contribution in [0.25, 0.3) is 0 Å². The van der Waals surface area contributed by atoms with Crippen LogP contribution in [-0.2, 0) is 9.84 Å². The van der Waals surface area contributed by atoms with Crippen LogP contribution in [0.2, 0.25) is 5.02 Å². The lowest BCUT2D eigenvalue weighted by Gasteiger charge is -2.47. The molecule has 1 saturated heterocycles. The van der Waals surface area contributed by atoms with Crippen molar-refractivity contribution in [3.63, 3.8) is 0 Å². The zero-order valence-corrected chi connectivity index (χ0v) is 18.5. The van der Waals surface area contributed by atoms with Crippen molar-refractivity contribution in [1.29, 1.82) is 0 Å². The standard InChI is InChI=1S/C22H20ClF2NO2S2/c1-30(27,28)22(15-9-18(24)11-19(25)10-15)16-12-26(13-16)21(20-3-2-8-29-20)14-4-6-17(23)7-5-14/h2-11,16,21-22H,12-13H2,1H3. The predicted molar refractivity (Wildman–Crippen MR) is 117 cm³/mol. The second kappa shape index (κ2) is 8.38. The maximum atomic E-state index is 13.8. The van der Waals surface area contributed by atoms with E-state index in [2.05, 4.69) is 4.90 Å². The fourth-order valence-corrected chi connectivity index (χ4v) is 6.72. The van der Waals surface area contributed by atoms with Crippen molar-refractivity contribution in [2.75, 3.05) is 19.3 Å². The first-order chi connectivity index (χ1) is 14.2. The third kappa shape index (κ3) is 4.44. The van der Waals surface area contributed by atoms with E-state index >= 15 is 0 Å². The Bertz CT molecular complexity index is 1110. The van der Waals surface area contributed by atoms with Crippen molar-refractivity contribution in [2.45, 2.75) is 11.3 Å². The van der Waals surface area contributed by atoms with E-state index in [4.69, 9.17) is 11.6 Å². The number of halogens is 3. The molecule has 0 amide bonds. The van der Waals surface area contributed by atoms with Gasteiger partial charge in [0.1, 0.15) is 11.6 Å². The molecule has 8 heteroatoms. The van der Waals surface area contributed by atoms with Crippen molar-refractivity contribution < 1.29 is 17.2 Å².